The topological polar surface area (TPSA) is 69.7 Å². The van der Waals surface area contributed by atoms with Crippen molar-refractivity contribution in [3.63, 3.8) is 0 Å². The van der Waals surface area contributed by atoms with Crippen LogP contribution in [-0.4, -0.2) is 38.3 Å². The van der Waals surface area contributed by atoms with Crippen LogP contribution in [0.1, 0.15) is 21.6 Å². The number of carbonyl (C=O) groups is 1. The molecule has 1 heterocycles. The minimum Gasteiger partial charge on any atom is -0.493 e. The number of halogens is 3. The van der Waals surface area contributed by atoms with Gasteiger partial charge in [-0.3, -0.25) is 4.79 Å². The first-order chi connectivity index (χ1) is 15.3. The van der Waals surface area contributed by atoms with Crippen LogP contribution in [0, 0.1) is 0 Å². The van der Waals surface area contributed by atoms with Crippen LogP contribution in [0.5, 0.6) is 11.5 Å². The summed E-state index contributed by atoms with van der Waals surface area (Å²) in [5.41, 5.74) is 0.668. The minimum atomic E-state index is -4.41. The van der Waals surface area contributed by atoms with E-state index < -0.39 is 11.7 Å². The molecule has 0 saturated heterocycles. The SMILES string of the molecule is COCCNC(=O)c1csc(-c2ccc(OCc3cccc(C(F)(F)F)c3)c(OC)c2)n1. The summed E-state index contributed by atoms with van der Waals surface area (Å²) in [7, 11) is 3.01. The average Bonchev–Trinajstić information content (AvgIpc) is 3.28. The number of ether oxygens (including phenoxy) is 3. The van der Waals surface area contributed by atoms with Crippen molar-refractivity contribution < 1.29 is 32.2 Å². The van der Waals surface area contributed by atoms with Crippen LogP contribution >= 0.6 is 11.3 Å². The van der Waals surface area contributed by atoms with E-state index in [1.54, 1.807) is 36.8 Å². The number of aromatic nitrogens is 1. The Morgan fingerprint density at radius 2 is 1.94 bits per heavy atom. The molecule has 0 unspecified atom stereocenters. The van der Waals surface area contributed by atoms with Gasteiger partial charge >= 0.3 is 6.18 Å². The molecule has 2 aromatic carbocycles. The van der Waals surface area contributed by atoms with E-state index in [0.717, 1.165) is 12.1 Å². The number of methoxy groups -OCH3 is 2. The van der Waals surface area contributed by atoms with Gasteiger partial charge in [-0.2, -0.15) is 13.2 Å². The number of hydrogen-bond acceptors (Lipinski definition) is 6. The summed E-state index contributed by atoms with van der Waals surface area (Å²) in [4.78, 5) is 16.5. The van der Waals surface area contributed by atoms with Crippen molar-refractivity contribution in [1.82, 2.24) is 10.3 Å². The average molecular weight is 466 g/mol. The number of thiazole rings is 1. The molecular weight excluding hydrogens is 445 g/mol. The minimum absolute atomic E-state index is 0.0529. The Bertz CT molecular complexity index is 1070. The molecule has 0 saturated carbocycles. The van der Waals surface area contributed by atoms with Crippen LogP contribution < -0.4 is 14.8 Å². The number of nitrogens with zero attached hydrogens (tertiary/aromatic N) is 1. The summed E-state index contributed by atoms with van der Waals surface area (Å²) >= 11 is 1.30. The molecule has 170 valence electrons. The second-order valence-corrected chi connectivity index (χ2v) is 7.50. The lowest BCUT2D eigenvalue weighted by Crippen LogP contribution is -2.27. The smallest absolute Gasteiger partial charge is 0.416 e. The molecule has 0 atom stereocenters. The molecule has 1 amide bonds. The molecule has 3 rings (SSSR count). The third kappa shape index (κ3) is 5.98. The number of benzene rings is 2. The molecule has 6 nitrogen and oxygen atoms in total. The van der Waals surface area contributed by atoms with Crippen molar-refractivity contribution in [1.29, 1.82) is 0 Å². The fourth-order valence-corrected chi connectivity index (χ4v) is 3.58. The first-order valence-corrected chi connectivity index (χ1v) is 10.4. The second-order valence-electron chi connectivity index (χ2n) is 6.64. The fraction of sp³-hybridized carbons (Fsp3) is 0.273. The number of hydrogen-bond donors (Lipinski definition) is 1. The van der Waals surface area contributed by atoms with E-state index in [9.17, 15) is 18.0 Å². The molecule has 32 heavy (non-hydrogen) atoms. The van der Waals surface area contributed by atoms with Gasteiger partial charge in [-0.1, -0.05) is 12.1 Å². The molecule has 0 aliphatic carbocycles. The lowest BCUT2D eigenvalue weighted by atomic mass is 10.1. The van der Waals surface area contributed by atoms with Crippen molar-refractivity contribution >= 4 is 17.2 Å². The van der Waals surface area contributed by atoms with Crippen LogP contribution in [0.2, 0.25) is 0 Å². The molecule has 3 aromatic rings. The number of nitrogens with one attached hydrogen (secondary N) is 1. The third-order valence-corrected chi connectivity index (χ3v) is 5.28. The highest BCUT2D eigenvalue weighted by atomic mass is 32.1. The van der Waals surface area contributed by atoms with Gasteiger partial charge in [0.15, 0.2) is 11.5 Å². The standard InChI is InChI=1S/C22H21F3N2O4S/c1-29-9-8-26-20(28)17-13-32-21(27-17)15-6-7-18(19(11-15)30-2)31-12-14-4-3-5-16(10-14)22(23,24)25/h3-7,10-11,13H,8-9,12H2,1-2H3,(H,26,28). The van der Waals surface area contributed by atoms with Gasteiger partial charge in [-0.05, 0) is 35.9 Å². The van der Waals surface area contributed by atoms with Crippen molar-refractivity contribution in [3.05, 3.63) is 64.7 Å². The summed E-state index contributed by atoms with van der Waals surface area (Å²) in [6, 6.07) is 10.1. The van der Waals surface area contributed by atoms with Gasteiger partial charge in [0.25, 0.3) is 5.91 Å². The van der Waals surface area contributed by atoms with Crippen LogP contribution in [0.4, 0.5) is 13.2 Å². The highest BCUT2D eigenvalue weighted by Crippen LogP contribution is 2.35. The zero-order chi connectivity index (χ0) is 23.1. The van der Waals surface area contributed by atoms with E-state index in [1.807, 2.05) is 0 Å². The van der Waals surface area contributed by atoms with Gasteiger partial charge in [0, 0.05) is 24.6 Å². The Morgan fingerprint density at radius 3 is 2.66 bits per heavy atom. The van der Waals surface area contributed by atoms with Gasteiger partial charge in [0.05, 0.1) is 19.3 Å². The normalized spacial score (nSPS) is 11.3. The zero-order valence-electron chi connectivity index (χ0n) is 17.4. The van der Waals surface area contributed by atoms with Crippen molar-refractivity contribution in [2.75, 3.05) is 27.4 Å². The van der Waals surface area contributed by atoms with Crippen LogP contribution in [0.15, 0.2) is 47.8 Å². The first kappa shape index (κ1) is 23.6. The van der Waals surface area contributed by atoms with Crippen LogP contribution in [-0.2, 0) is 17.5 Å². The Labute approximate surface area is 187 Å². The third-order valence-electron chi connectivity index (χ3n) is 4.39. The molecule has 0 radical (unpaired) electrons. The number of alkyl halides is 3. The van der Waals surface area contributed by atoms with Crippen LogP contribution in [0.25, 0.3) is 10.6 Å². The molecule has 1 N–H and O–H groups in total. The molecule has 0 spiro atoms. The lowest BCUT2D eigenvalue weighted by Gasteiger charge is -2.13. The maximum absolute atomic E-state index is 12.9. The number of rotatable bonds is 9. The molecule has 0 aliphatic heterocycles. The summed E-state index contributed by atoms with van der Waals surface area (Å²) in [5, 5.41) is 4.98. The Morgan fingerprint density at radius 1 is 1.12 bits per heavy atom. The second kappa shape index (κ2) is 10.5. The summed E-state index contributed by atoms with van der Waals surface area (Å²) < 4.78 is 54.6. The quantitative estimate of drug-likeness (QED) is 0.459. The molecular formula is C22H21F3N2O4S. The monoisotopic (exact) mass is 466 g/mol. The molecule has 10 heteroatoms. The van der Waals surface area contributed by atoms with Crippen molar-refractivity contribution in [3.8, 4) is 22.1 Å². The van der Waals surface area contributed by atoms with Crippen molar-refractivity contribution in [2.45, 2.75) is 12.8 Å². The molecule has 0 aliphatic rings. The van der Waals surface area contributed by atoms with E-state index in [2.05, 4.69) is 10.3 Å². The van der Waals surface area contributed by atoms with Crippen LogP contribution in [0.3, 0.4) is 0 Å². The van der Waals surface area contributed by atoms with Gasteiger partial charge in [-0.25, -0.2) is 4.98 Å². The highest BCUT2D eigenvalue weighted by Gasteiger charge is 2.30. The zero-order valence-corrected chi connectivity index (χ0v) is 18.2. The summed E-state index contributed by atoms with van der Waals surface area (Å²) in [5.74, 6) is 0.482. The number of amides is 1. The Kier molecular flexibility index (Phi) is 7.70. The Hall–Kier alpha value is -3.11. The maximum atomic E-state index is 12.9. The van der Waals surface area contributed by atoms with E-state index in [4.69, 9.17) is 14.2 Å². The largest absolute Gasteiger partial charge is 0.493 e. The molecule has 0 fully saturated rings. The van der Waals surface area contributed by atoms with Gasteiger partial charge in [0.1, 0.15) is 17.3 Å². The lowest BCUT2D eigenvalue weighted by molar-refractivity contribution is -0.137. The maximum Gasteiger partial charge on any atom is 0.416 e. The van der Waals surface area contributed by atoms with E-state index in [0.29, 0.717) is 46.5 Å². The summed E-state index contributed by atoms with van der Waals surface area (Å²) in [6.45, 7) is 0.735. The van der Waals surface area contributed by atoms with Crippen molar-refractivity contribution in [2.24, 2.45) is 0 Å². The van der Waals surface area contributed by atoms with Gasteiger partial charge in [-0.15, -0.1) is 11.3 Å². The van der Waals surface area contributed by atoms with Gasteiger partial charge < -0.3 is 19.5 Å². The fourth-order valence-electron chi connectivity index (χ4n) is 2.79. The van der Waals surface area contributed by atoms with E-state index in [-0.39, 0.29) is 12.5 Å². The molecule has 1 aromatic heterocycles. The number of carbonyl (C=O) groups excluding carboxylic acids is 1. The predicted octanol–water partition coefficient (Wildman–Crippen LogP) is 4.79. The predicted molar refractivity (Wildman–Crippen MR) is 114 cm³/mol. The van der Waals surface area contributed by atoms with Gasteiger partial charge in [0.2, 0.25) is 0 Å². The summed E-state index contributed by atoms with van der Waals surface area (Å²) in [6.07, 6.45) is -4.41. The van der Waals surface area contributed by atoms with E-state index in [1.165, 1.54) is 24.5 Å². The first-order valence-electron chi connectivity index (χ1n) is 9.52. The Balaban J connectivity index is 1.71. The van der Waals surface area contributed by atoms with E-state index >= 15 is 0 Å². The highest BCUT2D eigenvalue weighted by molar-refractivity contribution is 7.13. The molecule has 0 bridgehead atoms.